The number of sulfonamides is 1. The molecule has 7 heteroatoms. The molecule has 0 N–H and O–H groups in total. The zero-order valence-corrected chi connectivity index (χ0v) is 12.0. The minimum Gasteiger partial charge on any atom is -0.238 e. The monoisotopic (exact) mass is 297 g/mol. The highest BCUT2D eigenvalue weighted by molar-refractivity contribution is 7.94. The first kappa shape index (κ1) is 13.8. The minimum atomic E-state index is -3.82. The summed E-state index contributed by atoms with van der Waals surface area (Å²) in [6, 6.07) is 9.47. The second-order valence-corrected chi connectivity index (χ2v) is 6.27. The van der Waals surface area contributed by atoms with E-state index in [0.717, 1.165) is 0 Å². The summed E-state index contributed by atoms with van der Waals surface area (Å²) in [6.45, 7) is 3.43. The summed E-state index contributed by atoms with van der Waals surface area (Å²) < 4.78 is 25.2. The van der Waals surface area contributed by atoms with Crippen LogP contribution in [0.25, 0.3) is 0 Å². The van der Waals surface area contributed by atoms with E-state index in [-0.39, 0.29) is 10.7 Å². The van der Waals surface area contributed by atoms with Crippen LogP contribution in [0.2, 0.25) is 0 Å². The van der Waals surface area contributed by atoms with Gasteiger partial charge < -0.3 is 0 Å². The molecule has 0 unspecified atom stereocenters. The number of hydrogen-bond donors (Lipinski definition) is 0. The van der Waals surface area contributed by atoms with Crippen molar-refractivity contribution in [1.82, 2.24) is 9.97 Å². The van der Waals surface area contributed by atoms with Crippen LogP contribution >= 0.6 is 11.8 Å². The van der Waals surface area contributed by atoms with E-state index < -0.39 is 10.0 Å². The molecular formula is C12H12ClN3O2S. The summed E-state index contributed by atoms with van der Waals surface area (Å²) in [4.78, 5) is 8.22. The molecular weight excluding hydrogens is 286 g/mol. The fourth-order valence-corrected chi connectivity index (χ4v) is 2.95. The predicted molar refractivity (Wildman–Crippen MR) is 73.5 cm³/mol. The number of hydrogen-bond acceptors (Lipinski definition) is 4. The molecule has 0 saturated heterocycles. The molecule has 0 spiro atoms. The zero-order chi connectivity index (χ0) is 14.0. The van der Waals surface area contributed by atoms with Gasteiger partial charge in [-0.2, -0.15) is 12.2 Å². The molecule has 1 aromatic heterocycles. The number of aromatic nitrogens is 2. The lowest BCUT2D eigenvalue weighted by Gasteiger charge is -2.15. The largest absolute Gasteiger partial charge is 0.279 e. The van der Waals surface area contributed by atoms with Gasteiger partial charge in [-0.05, 0) is 26.0 Å². The Kier molecular flexibility index (Phi) is 3.73. The fraction of sp³-hybridized carbons (Fsp3) is 0.167. The molecule has 2 aromatic rings. The van der Waals surface area contributed by atoms with Crippen molar-refractivity contribution in [2.45, 2.75) is 18.7 Å². The van der Waals surface area contributed by atoms with Crippen LogP contribution in [-0.4, -0.2) is 18.4 Å². The van der Waals surface area contributed by atoms with Gasteiger partial charge in [-0.15, -0.1) is 0 Å². The highest BCUT2D eigenvalue weighted by Gasteiger charge is 2.24. The summed E-state index contributed by atoms with van der Waals surface area (Å²) in [7, 11) is -3.82. The summed E-state index contributed by atoms with van der Waals surface area (Å²) in [6.07, 6.45) is 0. The molecule has 0 saturated carbocycles. The van der Waals surface area contributed by atoms with E-state index in [9.17, 15) is 8.42 Å². The van der Waals surface area contributed by atoms with Crippen LogP contribution in [0, 0.1) is 13.8 Å². The second kappa shape index (κ2) is 5.14. The van der Waals surface area contributed by atoms with Gasteiger partial charge in [-0.3, -0.25) is 0 Å². The number of halogens is 1. The van der Waals surface area contributed by atoms with E-state index in [0.29, 0.717) is 15.3 Å². The molecule has 1 heterocycles. The highest BCUT2D eigenvalue weighted by Crippen LogP contribution is 2.24. The molecule has 0 atom stereocenters. The van der Waals surface area contributed by atoms with Gasteiger partial charge in [-0.1, -0.05) is 18.2 Å². The summed E-state index contributed by atoms with van der Waals surface area (Å²) in [5, 5.41) is 0. The van der Waals surface area contributed by atoms with Gasteiger partial charge in [0.1, 0.15) is 5.82 Å². The summed E-state index contributed by atoms with van der Waals surface area (Å²) >= 11 is 5.93. The van der Waals surface area contributed by atoms with E-state index in [1.54, 1.807) is 32.0 Å². The van der Waals surface area contributed by atoms with E-state index in [4.69, 9.17) is 11.8 Å². The average Bonchev–Trinajstić information content (AvgIpc) is 2.37. The van der Waals surface area contributed by atoms with Crippen LogP contribution in [0.15, 0.2) is 41.3 Å². The lowest BCUT2D eigenvalue weighted by atomic mass is 10.4. The molecule has 0 aliphatic rings. The average molecular weight is 298 g/mol. The topological polar surface area (TPSA) is 63.2 Å². The third-order valence-electron chi connectivity index (χ3n) is 2.38. The Morgan fingerprint density at radius 3 is 2.32 bits per heavy atom. The van der Waals surface area contributed by atoms with E-state index in [1.807, 2.05) is 0 Å². The van der Waals surface area contributed by atoms with Crippen LogP contribution in [0.5, 0.6) is 0 Å². The van der Waals surface area contributed by atoms with Gasteiger partial charge >= 0.3 is 0 Å². The standard InChI is InChI=1S/C12H12ClN3O2S/c1-9-8-12(15-10(2)14-9)16(13)19(17,18)11-6-4-3-5-7-11/h3-8H,1-2H3. The molecule has 2 rings (SSSR count). The first-order valence-electron chi connectivity index (χ1n) is 5.50. The smallest absolute Gasteiger partial charge is 0.238 e. The molecule has 19 heavy (non-hydrogen) atoms. The fourth-order valence-electron chi connectivity index (χ4n) is 1.60. The van der Waals surface area contributed by atoms with Crippen LogP contribution < -0.4 is 3.82 Å². The molecule has 100 valence electrons. The molecule has 0 aliphatic heterocycles. The van der Waals surface area contributed by atoms with Gasteiger partial charge in [0.15, 0.2) is 5.82 Å². The van der Waals surface area contributed by atoms with Crippen molar-refractivity contribution in [3.63, 3.8) is 0 Å². The molecule has 0 fully saturated rings. The second-order valence-electron chi connectivity index (χ2n) is 3.95. The highest BCUT2D eigenvalue weighted by atomic mass is 35.5. The number of benzene rings is 1. The zero-order valence-electron chi connectivity index (χ0n) is 10.4. The van der Waals surface area contributed by atoms with Crippen molar-refractivity contribution in [2.24, 2.45) is 0 Å². The Labute approximate surface area is 117 Å². The maximum Gasteiger partial charge on any atom is 0.279 e. The van der Waals surface area contributed by atoms with Crippen molar-refractivity contribution in [3.8, 4) is 0 Å². The first-order valence-corrected chi connectivity index (χ1v) is 7.27. The number of aryl methyl sites for hydroxylation is 2. The lowest BCUT2D eigenvalue weighted by molar-refractivity contribution is 0.597. The Morgan fingerprint density at radius 2 is 1.74 bits per heavy atom. The molecule has 0 aliphatic carbocycles. The normalized spacial score (nSPS) is 11.3. The quantitative estimate of drug-likeness (QED) is 0.816. The van der Waals surface area contributed by atoms with E-state index in [1.165, 1.54) is 18.2 Å². The van der Waals surface area contributed by atoms with Gasteiger partial charge in [0, 0.05) is 23.5 Å². The minimum absolute atomic E-state index is 0.110. The van der Waals surface area contributed by atoms with Crippen LogP contribution in [0.1, 0.15) is 11.5 Å². The van der Waals surface area contributed by atoms with Crippen molar-refractivity contribution < 1.29 is 8.42 Å². The number of anilines is 1. The maximum absolute atomic E-state index is 12.3. The Morgan fingerprint density at radius 1 is 1.11 bits per heavy atom. The van der Waals surface area contributed by atoms with E-state index >= 15 is 0 Å². The molecule has 0 radical (unpaired) electrons. The third kappa shape index (κ3) is 2.85. The van der Waals surface area contributed by atoms with Crippen molar-refractivity contribution in [3.05, 3.63) is 47.9 Å². The van der Waals surface area contributed by atoms with Crippen molar-refractivity contribution in [2.75, 3.05) is 3.82 Å². The van der Waals surface area contributed by atoms with Crippen LogP contribution in [-0.2, 0) is 10.0 Å². The predicted octanol–water partition coefficient (Wildman–Crippen LogP) is 2.44. The van der Waals surface area contributed by atoms with Gasteiger partial charge in [-0.25, -0.2) is 9.97 Å². The van der Waals surface area contributed by atoms with Gasteiger partial charge in [0.25, 0.3) is 10.0 Å². The maximum atomic E-state index is 12.3. The third-order valence-corrected chi connectivity index (χ3v) is 4.58. The molecule has 0 amide bonds. The van der Waals surface area contributed by atoms with Gasteiger partial charge in [0.2, 0.25) is 0 Å². The van der Waals surface area contributed by atoms with Crippen LogP contribution in [0.4, 0.5) is 5.82 Å². The van der Waals surface area contributed by atoms with Crippen molar-refractivity contribution in [1.29, 1.82) is 0 Å². The van der Waals surface area contributed by atoms with Crippen LogP contribution in [0.3, 0.4) is 0 Å². The first-order chi connectivity index (χ1) is 8.91. The molecule has 1 aromatic carbocycles. The summed E-state index contributed by atoms with van der Waals surface area (Å²) in [5.74, 6) is 0.597. The van der Waals surface area contributed by atoms with Crippen molar-refractivity contribution >= 4 is 27.6 Å². The Balaban J connectivity index is 2.46. The van der Waals surface area contributed by atoms with Gasteiger partial charge in [0.05, 0.1) is 4.90 Å². The Bertz CT molecular complexity index is 669. The summed E-state index contributed by atoms with van der Waals surface area (Å²) in [5.41, 5.74) is 0.649. The Hall–Kier alpha value is -1.66. The lowest BCUT2D eigenvalue weighted by Crippen LogP contribution is -2.22. The number of nitrogens with zero attached hydrogens (tertiary/aromatic N) is 3. The number of rotatable bonds is 3. The molecule has 5 nitrogen and oxygen atoms in total. The molecule has 0 bridgehead atoms. The van der Waals surface area contributed by atoms with E-state index in [2.05, 4.69) is 9.97 Å². The SMILES string of the molecule is Cc1cc(N(Cl)S(=O)(=O)c2ccccc2)nc(C)n1.